The number of nitrogens with one attached hydrogen (secondary N) is 1. The van der Waals surface area contributed by atoms with Crippen molar-refractivity contribution < 1.29 is 9.21 Å². The van der Waals surface area contributed by atoms with Crippen molar-refractivity contribution >= 4 is 35.0 Å². The Morgan fingerprint density at radius 3 is 2.80 bits per heavy atom. The van der Waals surface area contributed by atoms with Gasteiger partial charge in [0.25, 0.3) is 5.22 Å². The van der Waals surface area contributed by atoms with Crippen LogP contribution in [0.25, 0.3) is 0 Å². The molecule has 0 saturated carbocycles. The van der Waals surface area contributed by atoms with E-state index >= 15 is 0 Å². The van der Waals surface area contributed by atoms with E-state index in [1.54, 1.807) is 25.3 Å². The fraction of sp³-hybridized carbons (Fsp3) is 0.176. The number of hydrogen-bond acceptors (Lipinski definition) is 6. The van der Waals surface area contributed by atoms with Crippen molar-refractivity contribution in [1.82, 2.24) is 15.2 Å². The van der Waals surface area contributed by atoms with E-state index in [-0.39, 0.29) is 11.1 Å². The second-order valence-corrected chi connectivity index (χ2v) is 6.87. The lowest BCUT2D eigenvalue weighted by Gasteiger charge is -2.10. The smallest absolute Gasteiger partial charge is 0.277 e. The molecule has 1 atom stereocenters. The fourth-order valence-electron chi connectivity index (χ4n) is 2.05. The molecular weight excluding hydrogens is 360 g/mol. The monoisotopic (exact) mass is 374 g/mol. The first-order valence-electron chi connectivity index (χ1n) is 7.56. The summed E-state index contributed by atoms with van der Waals surface area (Å²) < 4.78 is 5.60. The highest BCUT2D eigenvalue weighted by Crippen LogP contribution is 2.25. The number of carbonyl (C=O) groups is 1. The molecule has 2 aromatic heterocycles. The average Bonchev–Trinajstić information content (AvgIpc) is 3.04. The lowest BCUT2D eigenvalue weighted by molar-refractivity contribution is -0.115. The quantitative estimate of drug-likeness (QED) is 0.521. The van der Waals surface area contributed by atoms with Crippen LogP contribution in [-0.2, 0) is 11.2 Å². The summed E-state index contributed by atoms with van der Waals surface area (Å²) in [6.45, 7) is 1.76. The van der Waals surface area contributed by atoms with Gasteiger partial charge in [0, 0.05) is 6.20 Å². The Morgan fingerprint density at radius 1 is 1.24 bits per heavy atom. The van der Waals surface area contributed by atoms with E-state index in [4.69, 9.17) is 16.0 Å². The van der Waals surface area contributed by atoms with Crippen LogP contribution in [0.5, 0.6) is 0 Å². The topological polar surface area (TPSA) is 80.9 Å². The predicted octanol–water partition coefficient (Wildman–Crippen LogP) is 3.83. The van der Waals surface area contributed by atoms with Crippen LogP contribution in [0.1, 0.15) is 18.4 Å². The second-order valence-electron chi connectivity index (χ2n) is 5.22. The molecule has 3 rings (SSSR count). The Hall–Kier alpha value is -2.38. The molecule has 1 amide bonds. The van der Waals surface area contributed by atoms with Crippen LogP contribution >= 0.6 is 23.4 Å². The molecule has 8 heteroatoms. The number of halogens is 1. The van der Waals surface area contributed by atoms with Crippen LogP contribution in [0.3, 0.4) is 0 Å². The maximum Gasteiger partial charge on any atom is 0.277 e. The summed E-state index contributed by atoms with van der Waals surface area (Å²) in [4.78, 5) is 16.2. The van der Waals surface area contributed by atoms with Gasteiger partial charge in [-0.2, -0.15) is 0 Å². The van der Waals surface area contributed by atoms with Crippen molar-refractivity contribution in [1.29, 1.82) is 0 Å². The minimum Gasteiger partial charge on any atom is -0.416 e. The van der Waals surface area contributed by atoms with E-state index in [2.05, 4.69) is 20.5 Å². The number of amides is 1. The Labute approximate surface area is 154 Å². The Morgan fingerprint density at radius 2 is 2.04 bits per heavy atom. The lowest BCUT2D eigenvalue weighted by Crippen LogP contribution is -2.22. The molecular formula is C17H15ClN4O2S. The van der Waals surface area contributed by atoms with Crippen molar-refractivity contribution in [2.24, 2.45) is 0 Å². The SMILES string of the molecule is C[C@H](Sc1nnc(Cc2ccccc2)o1)C(=O)Nc1cccnc1Cl. The van der Waals surface area contributed by atoms with Crippen LogP contribution in [0.4, 0.5) is 5.69 Å². The van der Waals surface area contributed by atoms with Crippen molar-refractivity contribution in [3.63, 3.8) is 0 Å². The third-order valence-electron chi connectivity index (χ3n) is 3.31. The largest absolute Gasteiger partial charge is 0.416 e. The molecule has 0 bridgehead atoms. The normalized spacial score (nSPS) is 11.9. The molecule has 1 N–H and O–H groups in total. The van der Waals surface area contributed by atoms with Crippen molar-refractivity contribution in [3.8, 4) is 0 Å². The number of aromatic nitrogens is 3. The predicted molar refractivity (Wildman–Crippen MR) is 96.7 cm³/mol. The molecule has 0 spiro atoms. The minimum atomic E-state index is -0.429. The number of pyridine rings is 1. The molecule has 0 aliphatic rings. The summed E-state index contributed by atoms with van der Waals surface area (Å²) in [7, 11) is 0. The number of hydrogen-bond donors (Lipinski definition) is 1. The van der Waals surface area contributed by atoms with Crippen LogP contribution in [0.2, 0.25) is 5.15 Å². The summed E-state index contributed by atoms with van der Waals surface area (Å²) in [5.74, 6) is 0.291. The molecule has 6 nitrogen and oxygen atoms in total. The zero-order valence-electron chi connectivity index (χ0n) is 13.3. The fourth-order valence-corrected chi connectivity index (χ4v) is 2.91. The second kappa shape index (κ2) is 8.13. The van der Waals surface area contributed by atoms with Gasteiger partial charge in [-0.05, 0) is 24.6 Å². The van der Waals surface area contributed by atoms with Crippen LogP contribution < -0.4 is 5.32 Å². The number of thioether (sulfide) groups is 1. The highest BCUT2D eigenvalue weighted by molar-refractivity contribution is 8.00. The van der Waals surface area contributed by atoms with Gasteiger partial charge < -0.3 is 9.73 Å². The summed E-state index contributed by atoms with van der Waals surface area (Å²) in [6.07, 6.45) is 2.11. The van der Waals surface area contributed by atoms with E-state index < -0.39 is 5.25 Å². The van der Waals surface area contributed by atoms with E-state index in [0.717, 1.165) is 5.56 Å². The maximum absolute atomic E-state index is 12.3. The zero-order valence-corrected chi connectivity index (χ0v) is 14.9. The standard InChI is InChI=1S/C17H15ClN4O2S/c1-11(16(23)20-13-8-5-9-19-15(13)18)25-17-22-21-14(24-17)10-12-6-3-2-4-7-12/h2-9,11H,10H2,1H3,(H,20,23)/t11-/m0/s1. The summed E-state index contributed by atoms with van der Waals surface area (Å²) in [5.41, 5.74) is 1.55. The van der Waals surface area contributed by atoms with Gasteiger partial charge in [-0.15, -0.1) is 10.2 Å². The Balaban J connectivity index is 1.58. The lowest BCUT2D eigenvalue weighted by atomic mass is 10.2. The van der Waals surface area contributed by atoms with E-state index in [1.807, 2.05) is 30.3 Å². The van der Waals surface area contributed by atoms with Gasteiger partial charge >= 0.3 is 0 Å². The highest BCUT2D eigenvalue weighted by atomic mass is 35.5. The molecule has 0 aliphatic carbocycles. The van der Waals surface area contributed by atoms with Gasteiger partial charge in [-0.25, -0.2) is 4.98 Å². The number of anilines is 1. The highest BCUT2D eigenvalue weighted by Gasteiger charge is 2.19. The van der Waals surface area contributed by atoms with Gasteiger partial charge in [0.15, 0.2) is 5.15 Å². The average molecular weight is 375 g/mol. The molecule has 0 radical (unpaired) electrons. The van der Waals surface area contributed by atoms with Crippen LogP contribution in [0, 0.1) is 0 Å². The first-order valence-corrected chi connectivity index (χ1v) is 8.82. The molecule has 0 aliphatic heterocycles. The first-order chi connectivity index (χ1) is 12.1. The van der Waals surface area contributed by atoms with E-state index in [0.29, 0.717) is 23.2 Å². The molecule has 1 aromatic carbocycles. The number of benzene rings is 1. The van der Waals surface area contributed by atoms with Gasteiger partial charge in [-0.1, -0.05) is 53.7 Å². The van der Waals surface area contributed by atoms with E-state index in [1.165, 1.54) is 11.8 Å². The number of carbonyl (C=O) groups excluding carboxylic acids is 1. The molecule has 0 unspecified atom stereocenters. The van der Waals surface area contributed by atoms with Crippen LogP contribution in [0.15, 0.2) is 58.3 Å². The number of nitrogens with zero attached hydrogens (tertiary/aromatic N) is 3. The zero-order chi connectivity index (χ0) is 17.6. The third kappa shape index (κ3) is 4.80. The van der Waals surface area contributed by atoms with Crippen LogP contribution in [-0.4, -0.2) is 26.3 Å². The van der Waals surface area contributed by atoms with Crippen molar-refractivity contribution in [2.45, 2.75) is 23.8 Å². The van der Waals surface area contributed by atoms with E-state index in [9.17, 15) is 4.79 Å². The van der Waals surface area contributed by atoms with Gasteiger partial charge in [0.05, 0.1) is 17.4 Å². The third-order valence-corrected chi connectivity index (χ3v) is 4.55. The summed E-state index contributed by atoms with van der Waals surface area (Å²) in [5, 5.41) is 10.9. The van der Waals surface area contributed by atoms with Gasteiger partial charge in [0.1, 0.15) is 0 Å². The first kappa shape index (κ1) is 17.4. The Bertz CT molecular complexity index is 857. The molecule has 0 saturated heterocycles. The van der Waals surface area contributed by atoms with Gasteiger partial charge in [-0.3, -0.25) is 4.79 Å². The molecule has 25 heavy (non-hydrogen) atoms. The molecule has 3 aromatic rings. The van der Waals surface area contributed by atoms with Crippen molar-refractivity contribution in [2.75, 3.05) is 5.32 Å². The van der Waals surface area contributed by atoms with Crippen molar-refractivity contribution in [3.05, 3.63) is 65.3 Å². The molecule has 128 valence electrons. The van der Waals surface area contributed by atoms with Gasteiger partial charge in [0.2, 0.25) is 11.8 Å². The maximum atomic E-state index is 12.3. The minimum absolute atomic E-state index is 0.220. The Kier molecular flexibility index (Phi) is 5.67. The summed E-state index contributed by atoms with van der Waals surface area (Å²) in [6, 6.07) is 13.2. The molecule has 0 fully saturated rings. The number of rotatable bonds is 6. The summed E-state index contributed by atoms with van der Waals surface area (Å²) >= 11 is 7.13. The molecule has 2 heterocycles.